The molecule has 2 amide bonds. The molecular weight excluding hydrogens is 435 g/mol. The normalized spacial score (nSPS) is 28.0. The van der Waals surface area contributed by atoms with E-state index in [4.69, 9.17) is 16.3 Å². The van der Waals surface area contributed by atoms with Crippen LogP contribution in [0.5, 0.6) is 0 Å². The Bertz CT molecular complexity index is 543. The minimum Gasteiger partial charge on any atom is -0.477 e. The molecule has 2 heterocycles. The van der Waals surface area contributed by atoms with Gasteiger partial charge < -0.3 is 15.2 Å². The number of carboxylic acid groups (broad SMARTS) is 1. The number of nitrogens with one attached hydrogen (secondary N) is 1. The third-order valence-electron chi connectivity index (χ3n) is 3.24. The zero-order chi connectivity index (χ0) is 15.8. The van der Waals surface area contributed by atoms with Crippen LogP contribution in [0, 0.1) is 0 Å². The van der Waals surface area contributed by atoms with Gasteiger partial charge in [-0.25, -0.2) is 4.79 Å². The molecule has 0 saturated carbocycles. The molecule has 116 valence electrons. The van der Waals surface area contributed by atoms with Gasteiger partial charge in [0, 0.05) is 17.3 Å². The average molecular weight is 447 g/mol. The Labute approximate surface area is 143 Å². The molecule has 10 heteroatoms. The van der Waals surface area contributed by atoms with Crippen molar-refractivity contribution in [3.63, 3.8) is 0 Å². The number of ether oxygens (including phenoxy) is 1. The number of methoxy groups -OCH3 is 1. The van der Waals surface area contributed by atoms with Crippen molar-refractivity contribution in [3.8, 4) is 0 Å². The minimum atomic E-state index is -1.55. The zero-order valence-electron chi connectivity index (χ0n) is 10.9. The number of amides is 2. The molecule has 2 rings (SSSR count). The first-order valence-corrected chi connectivity index (χ1v) is 8.92. The van der Waals surface area contributed by atoms with Crippen molar-refractivity contribution in [3.05, 3.63) is 11.3 Å². The number of alkyl halides is 2. The smallest absolute Gasteiger partial charge is 0.352 e. The summed E-state index contributed by atoms with van der Waals surface area (Å²) in [5.74, 6) is -2.15. The maximum Gasteiger partial charge on any atom is 0.352 e. The van der Waals surface area contributed by atoms with Crippen LogP contribution in [0.4, 0.5) is 0 Å². The first-order chi connectivity index (χ1) is 9.92. The minimum absolute atomic E-state index is 0.0223. The van der Waals surface area contributed by atoms with Crippen LogP contribution < -0.4 is 5.32 Å². The molecule has 1 saturated heterocycles. The molecule has 0 aromatic carbocycles. The lowest BCUT2D eigenvalue weighted by Crippen LogP contribution is -2.80. The van der Waals surface area contributed by atoms with Gasteiger partial charge >= 0.3 is 5.97 Å². The monoisotopic (exact) mass is 446 g/mol. The van der Waals surface area contributed by atoms with Gasteiger partial charge in [0.15, 0.2) is 0 Å². The number of hydrogen-bond acceptors (Lipinski definition) is 5. The first-order valence-electron chi connectivity index (χ1n) is 5.81. The van der Waals surface area contributed by atoms with Crippen molar-refractivity contribution in [1.29, 1.82) is 0 Å². The number of rotatable bonds is 5. The Morgan fingerprint density at radius 3 is 2.81 bits per heavy atom. The number of fused-ring (bicyclic) bond motifs is 1. The molecule has 1 fully saturated rings. The molecule has 2 N–H and O–H groups in total. The molecule has 1 unspecified atom stereocenters. The van der Waals surface area contributed by atoms with Gasteiger partial charge in [-0.15, -0.1) is 23.4 Å². The summed E-state index contributed by atoms with van der Waals surface area (Å²) in [6.45, 7) is 0. The van der Waals surface area contributed by atoms with Gasteiger partial charge in [0.2, 0.25) is 5.91 Å². The summed E-state index contributed by atoms with van der Waals surface area (Å²) in [5, 5.41) is 11.2. The van der Waals surface area contributed by atoms with Gasteiger partial charge in [0.25, 0.3) is 11.6 Å². The fourth-order valence-electron chi connectivity index (χ4n) is 2.29. The number of hydrogen-bond donors (Lipinski definition) is 2. The summed E-state index contributed by atoms with van der Waals surface area (Å²) in [6, 6.07) is 0. The number of halogens is 2. The summed E-state index contributed by atoms with van der Waals surface area (Å²) in [6.07, 6.45) is 0. The van der Waals surface area contributed by atoms with E-state index in [9.17, 15) is 19.5 Å². The Kier molecular flexibility index (Phi) is 5.06. The summed E-state index contributed by atoms with van der Waals surface area (Å²) in [7, 11) is 1.29. The van der Waals surface area contributed by atoms with Crippen molar-refractivity contribution in [1.82, 2.24) is 10.2 Å². The van der Waals surface area contributed by atoms with Crippen LogP contribution in [-0.4, -0.2) is 62.1 Å². The molecule has 7 nitrogen and oxygen atoms in total. The number of carboxylic acids is 1. The van der Waals surface area contributed by atoms with Crippen LogP contribution >= 0.6 is 46.0 Å². The molecule has 2 atom stereocenters. The summed E-state index contributed by atoms with van der Waals surface area (Å²) in [4.78, 5) is 36.5. The number of β-lactam (4-membered cyclic amide) rings is 1. The van der Waals surface area contributed by atoms with E-state index in [1.54, 1.807) is 0 Å². The van der Waals surface area contributed by atoms with E-state index in [2.05, 4.69) is 27.9 Å². The summed E-state index contributed by atoms with van der Waals surface area (Å²) < 4.78 is 5.72. The first kappa shape index (κ1) is 16.8. The van der Waals surface area contributed by atoms with Crippen LogP contribution in [0.3, 0.4) is 0 Å². The lowest BCUT2D eigenvalue weighted by molar-refractivity contribution is -0.192. The van der Waals surface area contributed by atoms with Crippen LogP contribution in [0.25, 0.3) is 0 Å². The van der Waals surface area contributed by atoms with Crippen molar-refractivity contribution in [2.75, 3.05) is 23.2 Å². The van der Waals surface area contributed by atoms with Gasteiger partial charge in [-0.2, -0.15) is 0 Å². The summed E-state index contributed by atoms with van der Waals surface area (Å²) >= 11 is 8.85. The van der Waals surface area contributed by atoms with E-state index in [1.165, 1.54) is 23.8 Å². The van der Waals surface area contributed by atoms with Crippen molar-refractivity contribution in [2.45, 2.75) is 11.1 Å². The van der Waals surface area contributed by atoms with Gasteiger partial charge in [-0.1, -0.05) is 22.6 Å². The number of carbonyl (C=O) groups excluding carboxylic acids is 2. The maximum absolute atomic E-state index is 12.4. The highest BCUT2D eigenvalue weighted by molar-refractivity contribution is 14.1. The SMILES string of the molecule is COC1(NC(=O)CCl)C(=O)N2C(C(=O)O)=C(CI)CS[C@H]21. The van der Waals surface area contributed by atoms with Crippen LogP contribution in [0.1, 0.15) is 0 Å². The Hall–Kier alpha value is -0.520. The zero-order valence-corrected chi connectivity index (χ0v) is 14.6. The number of nitrogens with zero attached hydrogens (tertiary/aromatic N) is 1. The number of aliphatic carboxylic acids is 1. The largest absolute Gasteiger partial charge is 0.477 e. The predicted octanol–water partition coefficient (Wildman–Crippen LogP) is 0.373. The second-order valence-electron chi connectivity index (χ2n) is 4.35. The molecule has 0 spiro atoms. The van der Waals surface area contributed by atoms with E-state index in [1.807, 2.05) is 0 Å². The van der Waals surface area contributed by atoms with Gasteiger partial charge in [-0.05, 0) is 5.57 Å². The third-order valence-corrected chi connectivity index (χ3v) is 5.78. The second-order valence-corrected chi connectivity index (χ2v) is 6.45. The van der Waals surface area contributed by atoms with Gasteiger partial charge in [0.1, 0.15) is 17.0 Å². The third kappa shape index (κ3) is 2.53. The lowest BCUT2D eigenvalue weighted by Gasteiger charge is -2.55. The second kappa shape index (κ2) is 6.31. The number of carbonyl (C=O) groups is 3. The van der Waals surface area contributed by atoms with Crippen LogP contribution in [0.15, 0.2) is 11.3 Å². The van der Waals surface area contributed by atoms with E-state index >= 15 is 0 Å². The molecule has 21 heavy (non-hydrogen) atoms. The fourth-order valence-corrected chi connectivity index (χ4v) is 4.79. The molecule has 0 aromatic rings. The highest BCUT2D eigenvalue weighted by Gasteiger charge is 2.66. The quantitative estimate of drug-likeness (QED) is 0.274. The van der Waals surface area contributed by atoms with Crippen molar-refractivity contribution in [2.24, 2.45) is 0 Å². The topological polar surface area (TPSA) is 95.9 Å². The molecule has 2 aliphatic rings. The number of thioether (sulfide) groups is 1. The lowest BCUT2D eigenvalue weighted by atomic mass is 9.98. The highest BCUT2D eigenvalue weighted by Crippen LogP contribution is 2.46. The Morgan fingerprint density at radius 2 is 2.33 bits per heavy atom. The van der Waals surface area contributed by atoms with Gasteiger partial charge in [0.05, 0.1) is 0 Å². The molecule has 0 aliphatic carbocycles. The average Bonchev–Trinajstić information content (AvgIpc) is 2.49. The fraction of sp³-hybridized carbons (Fsp3) is 0.545. The molecule has 2 aliphatic heterocycles. The Balaban J connectivity index is 2.36. The molecule has 0 radical (unpaired) electrons. The van der Waals surface area contributed by atoms with E-state index < -0.39 is 28.9 Å². The van der Waals surface area contributed by atoms with E-state index in [-0.39, 0.29) is 11.6 Å². The Morgan fingerprint density at radius 1 is 1.67 bits per heavy atom. The van der Waals surface area contributed by atoms with Crippen LogP contribution in [-0.2, 0) is 19.1 Å². The summed E-state index contributed by atoms with van der Waals surface area (Å²) in [5.41, 5.74) is -0.897. The molecule has 0 bridgehead atoms. The van der Waals surface area contributed by atoms with Gasteiger partial charge in [-0.3, -0.25) is 14.5 Å². The molecular formula is C11H12ClIN2O5S. The van der Waals surface area contributed by atoms with E-state index in [0.717, 1.165) is 0 Å². The predicted molar refractivity (Wildman–Crippen MR) is 85.2 cm³/mol. The van der Waals surface area contributed by atoms with Crippen molar-refractivity contribution >= 4 is 63.7 Å². The van der Waals surface area contributed by atoms with Crippen LogP contribution in [0.2, 0.25) is 0 Å². The van der Waals surface area contributed by atoms with Crippen molar-refractivity contribution < 1.29 is 24.2 Å². The molecule has 0 aromatic heterocycles. The maximum atomic E-state index is 12.4. The standard InChI is InChI=1S/C11H12ClIN2O5S/c1-20-11(14-6(16)2-12)9(19)15-7(8(17)18)5(3-13)4-21-10(11)15/h10H,2-4H2,1H3,(H,14,16)(H,17,18)/t10-,11?/m0/s1. The highest BCUT2D eigenvalue weighted by atomic mass is 127. The van der Waals surface area contributed by atoms with E-state index in [0.29, 0.717) is 15.8 Å².